The first-order chi connectivity index (χ1) is 20.1. The number of nitrogens with zero attached hydrogens (tertiary/aromatic N) is 1. The zero-order chi connectivity index (χ0) is 30.9. The van der Waals surface area contributed by atoms with E-state index in [0.29, 0.717) is 18.7 Å². The predicted octanol–water partition coefficient (Wildman–Crippen LogP) is 0.145. The SMILES string of the molecule is CSCCC(NC(=O)C(Cc1ccccc1)NC(=O)C(Cc1ccccc1)NC(=O)C(N)CCCN=C(N)N)C(=O)O. The molecule has 0 aliphatic rings. The van der Waals surface area contributed by atoms with Crippen LogP contribution in [0.3, 0.4) is 0 Å². The number of hydrogen-bond donors (Lipinski definition) is 7. The minimum atomic E-state index is -1.16. The van der Waals surface area contributed by atoms with Crippen LogP contribution < -0.4 is 33.2 Å². The summed E-state index contributed by atoms with van der Waals surface area (Å²) in [6.07, 6.45) is 3.07. The average Bonchev–Trinajstić information content (AvgIpc) is 2.97. The van der Waals surface area contributed by atoms with Crippen molar-refractivity contribution < 1.29 is 24.3 Å². The Hall–Kier alpha value is -4.10. The summed E-state index contributed by atoms with van der Waals surface area (Å²) in [7, 11) is 0. The fraction of sp³-hybridized carbons (Fsp3) is 0.414. The summed E-state index contributed by atoms with van der Waals surface area (Å²) in [6.45, 7) is 0.307. The van der Waals surface area contributed by atoms with Gasteiger partial charge < -0.3 is 38.3 Å². The molecule has 12 nitrogen and oxygen atoms in total. The molecule has 0 aromatic heterocycles. The number of guanidine groups is 1. The maximum atomic E-state index is 13.6. The van der Waals surface area contributed by atoms with Crippen molar-refractivity contribution in [2.24, 2.45) is 22.2 Å². The van der Waals surface area contributed by atoms with Crippen molar-refractivity contribution in [3.63, 3.8) is 0 Å². The maximum absolute atomic E-state index is 13.6. The van der Waals surface area contributed by atoms with Crippen molar-refractivity contribution in [2.45, 2.75) is 56.3 Å². The van der Waals surface area contributed by atoms with E-state index in [1.54, 1.807) is 24.3 Å². The summed E-state index contributed by atoms with van der Waals surface area (Å²) in [4.78, 5) is 55.6. The van der Waals surface area contributed by atoms with Gasteiger partial charge in [0.2, 0.25) is 17.7 Å². The van der Waals surface area contributed by atoms with Crippen molar-refractivity contribution >= 4 is 41.4 Å². The van der Waals surface area contributed by atoms with Gasteiger partial charge in [-0.1, -0.05) is 60.7 Å². The first-order valence-corrected chi connectivity index (χ1v) is 15.0. The second-order valence-electron chi connectivity index (χ2n) is 9.74. The van der Waals surface area contributed by atoms with Crippen molar-refractivity contribution in [3.05, 3.63) is 71.8 Å². The average molecular weight is 600 g/mol. The molecule has 4 atom stereocenters. The molecule has 2 rings (SSSR count). The largest absolute Gasteiger partial charge is 0.480 e. The molecule has 2 aromatic rings. The van der Waals surface area contributed by atoms with Crippen LogP contribution in [-0.4, -0.2) is 77.5 Å². The summed E-state index contributed by atoms with van der Waals surface area (Å²) in [6, 6.07) is 14.0. The van der Waals surface area contributed by atoms with Crippen LogP contribution in [0.1, 0.15) is 30.4 Å². The third kappa shape index (κ3) is 12.6. The summed E-state index contributed by atoms with van der Waals surface area (Å²) >= 11 is 1.46. The van der Waals surface area contributed by atoms with Crippen molar-refractivity contribution in [2.75, 3.05) is 18.6 Å². The van der Waals surface area contributed by atoms with Gasteiger partial charge in [0.1, 0.15) is 18.1 Å². The highest BCUT2D eigenvalue weighted by Gasteiger charge is 2.30. The van der Waals surface area contributed by atoms with E-state index < -0.39 is 47.9 Å². The molecule has 0 aliphatic heterocycles. The monoisotopic (exact) mass is 599 g/mol. The topological polar surface area (TPSA) is 215 Å². The third-order valence-electron chi connectivity index (χ3n) is 6.36. The Kier molecular flexibility index (Phi) is 14.9. The van der Waals surface area contributed by atoms with E-state index in [4.69, 9.17) is 17.2 Å². The first-order valence-electron chi connectivity index (χ1n) is 13.6. The molecule has 0 bridgehead atoms. The van der Waals surface area contributed by atoms with Crippen LogP contribution in [0.2, 0.25) is 0 Å². The molecule has 0 fully saturated rings. The molecular weight excluding hydrogens is 558 g/mol. The second-order valence-corrected chi connectivity index (χ2v) is 10.7. The summed E-state index contributed by atoms with van der Waals surface area (Å²) in [5.41, 5.74) is 18.3. The lowest BCUT2D eigenvalue weighted by Gasteiger charge is -2.25. The van der Waals surface area contributed by atoms with E-state index in [1.807, 2.05) is 42.7 Å². The normalized spacial score (nSPS) is 13.6. The minimum absolute atomic E-state index is 0.0550. The standard InChI is InChI=1S/C29H41N7O5S/c1-42-16-14-22(28(40)41)34-26(38)24(18-20-11-6-3-7-12-20)36-27(39)23(17-19-9-4-2-5-10-19)35-25(37)21(30)13-8-15-33-29(31)32/h2-7,9-12,21-24H,8,13-18,30H2,1H3,(H,34,38)(H,35,37)(H,36,39)(H,40,41)(H4,31,32,33). The quantitative estimate of drug-likeness (QED) is 0.0704. The lowest BCUT2D eigenvalue weighted by Crippen LogP contribution is -2.58. The number of carboxylic acids is 1. The van der Waals surface area contributed by atoms with Gasteiger partial charge in [0.05, 0.1) is 6.04 Å². The van der Waals surface area contributed by atoms with Crippen LogP contribution in [-0.2, 0) is 32.0 Å². The number of nitrogens with two attached hydrogens (primary N) is 3. The first kappa shape index (κ1) is 34.1. The maximum Gasteiger partial charge on any atom is 0.326 e. The van der Waals surface area contributed by atoms with E-state index in [1.165, 1.54) is 11.8 Å². The Labute approximate surface area is 250 Å². The molecule has 228 valence electrons. The fourth-order valence-corrected chi connectivity index (χ4v) is 4.56. The van der Waals surface area contributed by atoms with Gasteiger partial charge in [-0.3, -0.25) is 19.4 Å². The highest BCUT2D eigenvalue weighted by molar-refractivity contribution is 7.98. The number of aliphatic carboxylic acids is 1. The van der Waals surface area contributed by atoms with Crippen LogP contribution in [0.4, 0.5) is 0 Å². The number of benzene rings is 2. The molecule has 0 radical (unpaired) electrons. The number of nitrogens with one attached hydrogen (secondary N) is 3. The van der Waals surface area contributed by atoms with Gasteiger partial charge >= 0.3 is 5.97 Å². The molecule has 0 aliphatic carbocycles. The minimum Gasteiger partial charge on any atom is -0.480 e. The van der Waals surface area contributed by atoms with Crippen molar-refractivity contribution in [1.29, 1.82) is 0 Å². The lowest BCUT2D eigenvalue weighted by atomic mass is 10.0. The molecule has 0 heterocycles. The van der Waals surface area contributed by atoms with E-state index >= 15 is 0 Å². The highest BCUT2D eigenvalue weighted by atomic mass is 32.2. The van der Waals surface area contributed by atoms with Crippen LogP contribution in [0.5, 0.6) is 0 Å². The van der Waals surface area contributed by atoms with E-state index in [-0.39, 0.29) is 31.6 Å². The zero-order valence-electron chi connectivity index (χ0n) is 23.7. The van der Waals surface area contributed by atoms with Gasteiger partial charge in [0, 0.05) is 19.4 Å². The predicted molar refractivity (Wildman–Crippen MR) is 165 cm³/mol. The molecule has 4 unspecified atom stereocenters. The van der Waals surface area contributed by atoms with Gasteiger partial charge in [-0.25, -0.2) is 4.79 Å². The van der Waals surface area contributed by atoms with Gasteiger partial charge in [0.25, 0.3) is 0 Å². The lowest BCUT2D eigenvalue weighted by molar-refractivity contribution is -0.142. The van der Waals surface area contributed by atoms with E-state index in [9.17, 15) is 24.3 Å². The highest BCUT2D eigenvalue weighted by Crippen LogP contribution is 2.09. The van der Waals surface area contributed by atoms with Gasteiger partial charge in [-0.05, 0) is 42.4 Å². The fourth-order valence-electron chi connectivity index (χ4n) is 4.09. The second kappa shape index (κ2) is 18.4. The molecule has 0 saturated carbocycles. The Bertz CT molecular complexity index is 1180. The van der Waals surface area contributed by atoms with Crippen molar-refractivity contribution in [1.82, 2.24) is 16.0 Å². The molecule has 42 heavy (non-hydrogen) atoms. The zero-order valence-corrected chi connectivity index (χ0v) is 24.5. The van der Waals surface area contributed by atoms with Gasteiger partial charge in [-0.2, -0.15) is 11.8 Å². The van der Waals surface area contributed by atoms with Gasteiger partial charge in [0.15, 0.2) is 5.96 Å². The van der Waals surface area contributed by atoms with Gasteiger partial charge in [-0.15, -0.1) is 0 Å². The Morgan fingerprint density at radius 3 is 1.71 bits per heavy atom. The Morgan fingerprint density at radius 2 is 1.26 bits per heavy atom. The number of carbonyl (C=O) groups excluding carboxylic acids is 3. The third-order valence-corrected chi connectivity index (χ3v) is 7.00. The smallest absolute Gasteiger partial charge is 0.326 e. The number of amides is 3. The summed E-state index contributed by atoms with van der Waals surface area (Å²) in [5.74, 6) is -2.47. The van der Waals surface area contributed by atoms with E-state index in [0.717, 1.165) is 11.1 Å². The molecule has 13 heteroatoms. The molecule has 0 spiro atoms. The van der Waals surface area contributed by atoms with Crippen molar-refractivity contribution in [3.8, 4) is 0 Å². The number of aliphatic imine (C=N–C) groups is 1. The van der Waals surface area contributed by atoms with Crippen LogP contribution >= 0.6 is 11.8 Å². The van der Waals surface area contributed by atoms with E-state index in [2.05, 4.69) is 20.9 Å². The molecule has 10 N–H and O–H groups in total. The summed E-state index contributed by atoms with van der Waals surface area (Å²) in [5, 5.41) is 17.6. The molecule has 2 aromatic carbocycles. The Morgan fingerprint density at radius 1 is 0.786 bits per heavy atom. The number of hydrogen-bond acceptors (Lipinski definition) is 7. The number of rotatable bonds is 18. The number of carboxylic acid groups (broad SMARTS) is 1. The molecular formula is C29H41N7O5S. The van der Waals surface area contributed by atoms with Crippen LogP contribution in [0.25, 0.3) is 0 Å². The van der Waals surface area contributed by atoms with Crippen LogP contribution in [0.15, 0.2) is 65.7 Å². The molecule has 0 saturated heterocycles. The molecule has 3 amide bonds. The Balaban J connectivity index is 2.24. The number of thioether (sulfide) groups is 1. The summed E-state index contributed by atoms with van der Waals surface area (Å²) < 4.78 is 0. The number of carbonyl (C=O) groups is 4. The van der Waals surface area contributed by atoms with Crippen LogP contribution in [0, 0.1) is 0 Å².